The molecule has 0 radical (unpaired) electrons. The molecule has 6 nitrogen and oxygen atoms in total. The van der Waals surface area contributed by atoms with Gasteiger partial charge in [-0.05, 0) is 72.5 Å². The van der Waals surface area contributed by atoms with Crippen molar-refractivity contribution in [1.29, 1.82) is 0 Å². The van der Waals surface area contributed by atoms with E-state index in [4.69, 9.17) is 0 Å². The summed E-state index contributed by atoms with van der Waals surface area (Å²) < 4.78 is 25.4. The summed E-state index contributed by atoms with van der Waals surface area (Å²) in [5, 5.41) is 5.20. The first kappa shape index (κ1) is 21.2. The van der Waals surface area contributed by atoms with E-state index in [1.54, 1.807) is 6.07 Å². The van der Waals surface area contributed by atoms with Crippen molar-refractivity contribution in [3.05, 3.63) is 71.3 Å². The number of amides is 1. The van der Waals surface area contributed by atoms with Crippen LogP contribution in [0.4, 0.5) is 11.4 Å². The van der Waals surface area contributed by atoms with Crippen LogP contribution in [-0.4, -0.2) is 33.7 Å². The first-order chi connectivity index (χ1) is 14.7. The maximum atomic E-state index is 12.8. The Labute approximate surface area is 183 Å². The number of nitrogens with one attached hydrogen (secondary N) is 2. The molecular weight excluding hydrogens is 410 g/mol. The van der Waals surface area contributed by atoms with Gasteiger partial charge in [-0.15, -0.1) is 0 Å². The molecule has 4 rings (SSSR count). The smallest absolute Gasteiger partial charge is 0.251 e. The molecule has 1 saturated heterocycles. The molecular formula is C24H27N3O3S. The second-order valence-electron chi connectivity index (χ2n) is 8.23. The molecule has 0 aromatic heterocycles. The molecule has 3 aromatic carbocycles. The Hall–Kier alpha value is -3.06. The monoisotopic (exact) mass is 437 g/mol. The van der Waals surface area contributed by atoms with Crippen LogP contribution in [0.25, 0.3) is 10.8 Å². The van der Waals surface area contributed by atoms with Crippen LogP contribution in [-0.2, 0) is 10.0 Å². The van der Waals surface area contributed by atoms with Gasteiger partial charge in [0, 0.05) is 24.3 Å². The molecule has 1 fully saturated rings. The van der Waals surface area contributed by atoms with Gasteiger partial charge in [-0.3, -0.25) is 9.52 Å². The van der Waals surface area contributed by atoms with Crippen molar-refractivity contribution in [1.82, 2.24) is 5.32 Å². The number of benzene rings is 3. The van der Waals surface area contributed by atoms with Gasteiger partial charge in [0.1, 0.15) is 0 Å². The molecule has 0 unspecified atom stereocenters. The quantitative estimate of drug-likeness (QED) is 0.605. The Bertz CT molecular complexity index is 1250. The summed E-state index contributed by atoms with van der Waals surface area (Å²) in [6, 6.07) is 17.3. The Morgan fingerprint density at radius 2 is 1.71 bits per heavy atom. The lowest BCUT2D eigenvalue weighted by atomic mass is 10.0. The molecule has 0 saturated carbocycles. The first-order valence-electron chi connectivity index (χ1n) is 10.4. The number of hydrogen-bond acceptors (Lipinski definition) is 4. The Balaban J connectivity index is 1.48. The first-order valence-corrected chi connectivity index (χ1v) is 12.3. The molecule has 1 aliphatic rings. The summed E-state index contributed by atoms with van der Waals surface area (Å²) in [4.78, 5) is 15.2. The van der Waals surface area contributed by atoms with E-state index in [9.17, 15) is 13.2 Å². The fraction of sp³-hybridized carbons (Fsp3) is 0.292. The summed E-state index contributed by atoms with van der Waals surface area (Å²) in [7, 11) is -3.33. The number of carbonyl (C=O) groups is 1. The molecule has 31 heavy (non-hydrogen) atoms. The van der Waals surface area contributed by atoms with E-state index < -0.39 is 10.0 Å². The Morgan fingerprint density at radius 1 is 1.00 bits per heavy atom. The molecule has 2 N–H and O–H groups in total. The van der Waals surface area contributed by atoms with Crippen molar-refractivity contribution in [2.45, 2.75) is 26.3 Å². The minimum Gasteiger partial charge on any atom is -0.371 e. The van der Waals surface area contributed by atoms with E-state index in [2.05, 4.69) is 33.1 Å². The van der Waals surface area contributed by atoms with Crippen LogP contribution < -0.4 is 14.9 Å². The minimum absolute atomic E-state index is 0.141. The molecule has 1 amide bonds. The van der Waals surface area contributed by atoms with Crippen molar-refractivity contribution in [2.24, 2.45) is 0 Å². The standard InChI is InChI=1S/C24H27N3O3S/c1-16-13-18(8-10-23(16)26-31(3,29)30)17(2)25-24(28)21-6-5-20-15-22(27-11-4-12-27)9-7-19(20)14-21/h5-10,13-15,17,26H,4,11-12H2,1-3H3,(H,25,28)/t17-/m1/s1. The highest BCUT2D eigenvalue weighted by Crippen LogP contribution is 2.27. The Kier molecular flexibility index (Phi) is 5.62. The number of sulfonamides is 1. The third-order valence-corrected chi connectivity index (χ3v) is 6.29. The van der Waals surface area contributed by atoms with Gasteiger partial charge >= 0.3 is 0 Å². The van der Waals surface area contributed by atoms with Crippen LogP contribution in [0.3, 0.4) is 0 Å². The number of aryl methyl sites for hydroxylation is 1. The van der Waals surface area contributed by atoms with Crippen LogP contribution in [0.1, 0.15) is 40.9 Å². The van der Waals surface area contributed by atoms with Crippen LogP contribution in [0.5, 0.6) is 0 Å². The van der Waals surface area contributed by atoms with Gasteiger partial charge in [-0.1, -0.05) is 24.3 Å². The van der Waals surface area contributed by atoms with E-state index in [0.717, 1.165) is 41.2 Å². The average molecular weight is 438 g/mol. The predicted molar refractivity (Wildman–Crippen MR) is 126 cm³/mol. The number of nitrogens with zero attached hydrogens (tertiary/aromatic N) is 1. The van der Waals surface area contributed by atoms with E-state index >= 15 is 0 Å². The molecule has 1 aliphatic heterocycles. The molecule has 0 aliphatic carbocycles. The molecule has 1 atom stereocenters. The van der Waals surface area contributed by atoms with Gasteiger partial charge in [0.05, 0.1) is 18.0 Å². The highest BCUT2D eigenvalue weighted by molar-refractivity contribution is 7.92. The van der Waals surface area contributed by atoms with Crippen LogP contribution >= 0.6 is 0 Å². The van der Waals surface area contributed by atoms with Gasteiger partial charge in [0.15, 0.2) is 0 Å². The molecule has 162 valence electrons. The summed E-state index contributed by atoms with van der Waals surface area (Å²) in [5.41, 5.74) is 4.09. The third-order valence-electron chi connectivity index (χ3n) is 5.70. The van der Waals surface area contributed by atoms with Gasteiger partial charge in [0.25, 0.3) is 5.91 Å². The fourth-order valence-corrected chi connectivity index (χ4v) is 4.41. The predicted octanol–water partition coefficient (Wildman–Crippen LogP) is 4.22. The largest absolute Gasteiger partial charge is 0.371 e. The van der Waals surface area contributed by atoms with Gasteiger partial charge in [-0.2, -0.15) is 0 Å². The fourth-order valence-electron chi connectivity index (χ4n) is 3.78. The van der Waals surface area contributed by atoms with Crippen molar-refractivity contribution < 1.29 is 13.2 Å². The van der Waals surface area contributed by atoms with E-state index in [1.165, 1.54) is 12.1 Å². The van der Waals surface area contributed by atoms with Crippen molar-refractivity contribution >= 4 is 38.1 Å². The highest BCUT2D eigenvalue weighted by Gasteiger charge is 2.16. The van der Waals surface area contributed by atoms with Gasteiger partial charge in [0.2, 0.25) is 10.0 Å². The number of fused-ring (bicyclic) bond motifs is 1. The second-order valence-corrected chi connectivity index (χ2v) is 9.98. The second kappa shape index (κ2) is 8.23. The van der Waals surface area contributed by atoms with Crippen molar-refractivity contribution in [3.63, 3.8) is 0 Å². The zero-order chi connectivity index (χ0) is 22.2. The number of anilines is 2. The number of hydrogen-bond donors (Lipinski definition) is 2. The zero-order valence-corrected chi connectivity index (χ0v) is 18.8. The molecule has 0 bridgehead atoms. The molecule has 3 aromatic rings. The summed E-state index contributed by atoms with van der Waals surface area (Å²) >= 11 is 0. The Morgan fingerprint density at radius 3 is 2.35 bits per heavy atom. The third kappa shape index (κ3) is 4.82. The van der Waals surface area contributed by atoms with Crippen LogP contribution in [0.15, 0.2) is 54.6 Å². The van der Waals surface area contributed by atoms with Gasteiger partial charge in [-0.25, -0.2) is 8.42 Å². The van der Waals surface area contributed by atoms with Crippen LogP contribution in [0, 0.1) is 6.92 Å². The SMILES string of the molecule is Cc1cc([C@@H](C)NC(=O)c2ccc3cc(N4CCC4)ccc3c2)ccc1NS(C)(=O)=O. The summed E-state index contributed by atoms with van der Waals surface area (Å²) in [6.07, 6.45) is 2.37. The van der Waals surface area contributed by atoms with E-state index in [1.807, 2.05) is 44.2 Å². The topological polar surface area (TPSA) is 78.5 Å². The molecule has 1 heterocycles. The van der Waals surface area contributed by atoms with Crippen molar-refractivity contribution in [3.8, 4) is 0 Å². The highest BCUT2D eigenvalue weighted by atomic mass is 32.2. The molecule has 7 heteroatoms. The summed E-state index contributed by atoms with van der Waals surface area (Å²) in [6.45, 7) is 5.96. The maximum absolute atomic E-state index is 12.8. The van der Waals surface area contributed by atoms with Crippen LogP contribution in [0.2, 0.25) is 0 Å². The molecule has 0 spiro atoms. The normalized spacial score (nSPS) is 14.7. The van der Waals surface area contributed by atoms with Gasteiger partial charge < -0.3 is 10.2 Å². The minimum atomic E-state index is -3.33. The maximum Gasteiger partial charge on any atom is 0.251 e. The van der Waals surface area contributed by atoms with E-state index in [0.29, 0.717) is 11.3 Å². The lowest BCUT2D eigenvalue weighted by Crippen LogP contribution is -2.36. The average Bonchev–Trinajstić information content (AvgIpc) is 2.66. The zero-order valence-electron chi connectivity index (χ0n) is 18.0. The number of rotatable bonds is 6. The number of carbonyl (C=O) groups excluding carboxylic acids is 1. The summed E-state index contributed by atoms with van der Waals surface area (Å²) in [5.74, 6) is -0.141. The van der Waals surface area contributed by atoms with Crippen molar-refractivity contribution in [2.75, 3.05) is 29.0 Å². The lowest BCUT2D eigenvalue weighted by Gasteiger charge is -2.33. The lowest BCUT2D eigenvalue weighted by molar-refractivity contribution is 0.0940. The van der Waals surface area contributed by atoms with E-state index in [-0.39, 0.29) is 11.9 Å².